The zero-order valence-electron chi connectivity index (χ0n) is 13.3. The van der Waals surface area contributed by atoms with Crippen molar-refractivity contribution < 1.29 is 9.47 Å². The molecule has 0 radical (unpaired) electrons. The molecule has 2 atom stereocenters. The van der Waals surface area contributed by atoms with Crippen molar-refractivity contribution in [2.24, 2.45) is 0 Å². The highest BCUT2D eigenvalue weighted by atomic mass is 16.5. The summed E-state index contributed by atoms with van der Waals surface area (Å²) < 4.78 is 11.8. The van der Waals surface area contributed by atoms with Gasteiger partial charge in [0.25, 0.3) is 0 Å². The van der Waals surface area contributed by atoms with Crippen molar-refractivity contribution in [2.75, 3.05) is 19.8 Å². The van der Waals surface area contributed by atoms with E-state index in [4.69, 9.17) is 9.47 Å². The zero-order chi connectivity index (χ0) is 14.7. The molecule has 3 rings (SSSR count). The van der Waals surface area contributed by atoms with Crippen LogP contribution in [0, 0.1) is 0 Å². The largest absolute Gasteiger partial charge is 0.493 e. The Balaban J connectivity index is 1.88. The first-order chi connectivity index (χ1) is 10.2. The molecule has 0 aromatic heterocycles. The van der Waals surface area contributed by atoms with Crippen LogP contribution in [0.5, 0.6) is 5.75 Å². The van der Waals surface area contributed by atoms with Crippen LogP contribution in [0.3, 0.4) is 0 Å². The maximum Gasteiger partial charge on any atom is 0.122 e. The molecule has 2 unspecified atom stereocenters. The highest BCUT2D eigenvalue weighted by Crippen LogP contribution is 2.39. The first kappa shape index (κ1) is 14.9. The first-order valence-electron chi connectivity index (χ1n) is 8.36. The number of ether oxygens (including phenoxy) is 2. The molecule has 1 aromatic rings. The molecular weight excluding hydrogens is 262 g/mol. The van der Waals surface area contributed by atoms with Crippen LogP contribution in [0.25, 0.3) is 0 Å². The Morgan fingerprint density at radius 3 is 2.95 bits per heavy atom. The molecule has 2 heterocycles. The Morgan fingerprint density at radius 2 is 2.19 bits per heavy atom. The van der Waals surface area contributed by atoms with Gasteiger partial charge in [-0.25, -0.2) is 0 Å². The van der Waals surface area contributed by atoms with Gasteiger partial charge in [0, 0.05) is 6.61 Å². The summed E-state index contributed by atoms with van der Waals surface area (Å²) in [4.78, 5) is 0. The van der Waals surface area contributed by atoms with Crippen molar-refractivity contribution in [3.05, 3.63) is 29.3 Å². The highest BCUT2D eigenvalue weighted by molar-refractivity contribution is 5.40. The molecule has 3 nitrogen and oxygen atoms in total. The van der Waals surface area contributed by atoms with Gasteiger partial charge in [0.05, 0.1) is 18.2 Å². The fraction of sp³-hybridized carbons (Fsp3) is 0.667. The molecule has 0 amide bonds. The summed E-state index contributed by atoms with van der Waals surface area (Å²) in [5.74, 6) is 1.07. The van der Waals surface area contributed by atoms with Gasteiger partial charge >= 0.3 is 0 Å². The van der Waals surface area contributed by atoms with E-state index in [1.54, 1.807) is 0 Å². The molecule has 2 aliphatic rings. The molecule has 1 saturated heterocycles. The molecule has 1 fully saturated rings. The van der Waals surface area contributed by atoms with Crippen LogP contribution in [0.4, 0.5) is 0 Å². The van der Waals surface area contributed by atoms with Crippen LogP contribution in [0.2, 0.25) is 0 Å². The minimum atomic E-state index is -0.0844. The predicted octanol–water partition coefficient (Wildman–Crippen LogP) is 3.62. The molecule has 1 N–H and O–H groups in total. The average molecular weight is 289 g/mol. The Bertz CT molecular complexity index is 480. The Morgan fingerprint density at radius 1 is 1.29 bits per heavy atom. The number of fused-ring (bicyclic) bond motifs is 1. The number of aryl methyl sites for hydroxylation is 1. The number of benzene rings is 1. The summed E-state index contributed by atoms with van der Waals surface area (Å²) in [6.07, 6.45) is 5.68. The van der Waals surface area contributed by atoms with E-state index < -0.39 is 0 Å². The van der Waals surface area contributed by atoms with Gasteiger partial charge in [0.15, 0.2) is 0 Å². The lowest BCUT2D eigenvalue weighted by atomic mass is 9.86. The number of hydrogen-bond donors (Lipinski definition) is 1. The van der Waals surface area contributed by atoms with Crippen LogP contribution < -0.4 is 10.1 Å². The van der Waals surface area contributed by atoms with E-state index >= 15 is 0 Å². The molecule has 116 valence electrons. The summed E-state index contributed by atoms with van der Waals surface area (Å²) >= 11 is 0. The summed E-state index contributed by atoms with van der Waals surface area (Å²) in [5, 5.41) is 3.71. The number of nitrogens with one attached hydrogen (secondary N) is 1. The third-order valence-corrected chi connectivity index (χ3v) is 4.72. The Kier molecular flexibility index (Phi) is 4.51. The number of rotatable bonds is 5. The molecule has 0 aliphatic carbocycles. The second-order valence-corrected chi connectivity index (χ2v) is 6.47. The molecular formula is C18H27NO2. The molecule has 1 aromatic carbocycles. The fourth-order valence-electron chi connectivity index (χ4n) is 3.56. The van der Waals surface area contributed by atoms with Crippen molar-refractivity contribution in [3.63, 3.8) is 0 Å². The second kappa shape index (κ2) is 6.37. The minimum Gasteiger partial charge on any atom is -0.493 e. The van der Waals surface area contributed by atoms with Gasteiger partial charge in [0.1, 0.15) is 5.75 Å². The van der Waals surface area contributed by atoms with Crippen molar-refractivity contribution in [2.45, 2.75) is 57.6 Å². The topological polar surface area (TPSA) is 30.5 Å². The molecule has 0 spiro atoms. The van der Waals surface area contributed by atoms with E-state index in [2.05, 4.69) is 37.4 Å². The van der Waals surface area contributed by atoms with E-state index in [0.29, 0.717) is 0 Å². The van der Waals surface area contributed by atoms with E-state index in [0.717, 1.165) is 57.6 Å². The van der Waals surface area contributed by atoms with Crippen molar-refractivity contribution >= 4 is 0 Å². The third-order valence-electron chi connectivity index (χ3n) is 4.72. The van der Waals surface area contributed by atoms with Gasteiger partial charge in [-0.1, -0.05) is 19.1 Å². The SMILES string of the molecule is CCCNC(c1ccc2c(c1)CCCO2)C1(C)CCCO1. The van der Waals surface area contributed by atoms with Gasteiger partial charge in [-0.15, -0.1) is 0 Å². The molecule has 21 heavy (non-hydrogen) atoms. The van der Waals surface area contributed by atoms with Crippen molar-refractivity contribution in [3.8, 4) is 5.75 Å². The lowest BCUT2D eigenvalue weighted by molar-refractivity contribution is -0.0125. The molecule has 0 bridgehead atoms. The van der Waals surface area contributed by atoms with Crippen LogP contribution in [0.15, 0.2) is 18.2 Å². The van der Waals surface area contributed by atoms with E-state index in [1.165, 1.54) is 11.1 Å². The quantitative estimate of drug-likeness (QED) is 0.898. The number of hydrogen-bond acceptors (Lipinski definition) is 3. The lowest BCUT2D eigenvalue weighted by Gasteiger charge is -2.35. The first-order valence-corrected chi connectivity index (χ1v) is 8.36. The summed E-state index contributed by atoms with van der Waals surface area (Å²) in [7, 11) is 0. The average Bonchev–Trinajstić information content (AvgIpc) is 2.95. The monoisotopic (exact) mass is 289 g/mol. The Labute approximate surface area is 128 Å². The van der Waals surface area contributed by atoms with Gasteiger partial charge < -0.3 is 14.8 Å². The summed E-state index contributed by atoms with van der Waals surface area (Å²) in [6, 6.07) is 6.95. The van der Waals surface area contributed by atoms with E-state index in [1.807, 2.05) is 0 Å². The maximum atomic E-state index is 6.10. The summed E-state index contributed by atoms with van der Waals surface area (Å²) in [6.45, 7) is 7.22. The smallest absolute Gasteiger partial charge is 0.122 e. The fourth-order valence-corrected chi connectivity index (χ4v) is 3.56. The molecule has 0 saturated carbocycles. The third kappa shape index (κ3) is 3.09. The van der Waals surface area contributed by atoms with Crippen LogP contribution in [0.1, 0.15) is 56.7 Å². The van der Waals surface area contributed by atoms with Crippen LogP contribution in [-0.2, 0) is 11.2 Å². The van der Waals surface area contributed by atoms with Crippen molar-refractivity contribution in [1.29, 1.82) is 0 Å². The van der Waals surface area contributed by atoms with Crippen LogP contribution >= 0.6 is 0 Å². The lowest BCUT2D eigenvalue weighted by Crippen LogP contribution is -2.41. The highest BCUT2D eigenvalue weighted by Gasteiger charge is 2.39. The Hall–Kier alpha value is -1.06. The maximum absolute atomic E-state index is 6.10. The van der Waals surface area contributed by atoms with E-state index in [9.17, 15) is 0 Å². The zero-order valence-corrected chi connectivity index (χ0v) is 13.3. The standard InChI is InChI=1S/C18H27NO2/c1-3-10-19-17(18(2)9-5-12-21-18)15-7-8-16-14(13-15)6-4-11-20-16/h7-8,13,17,19H,3-6,9-12H2,1-2H3. The molecule has 2 aliphatic heterocycles. The summed E-state index contributed by atoms with van der Waals surface area (Å²) in [5.41, 5.74) is 2.61. The van der Waals surface area contributed by atoms with Gasteiger partial charge in [-0.05, 0) is 62.8 Å². The van der Waals surface area contributed by atoms with Gasteiger partial charge in [-0.3, -0.25) is 0 Å². The molecule has 3 heteroatoms. The minimum absolute atomic E-state index is 0.0844. The normalized spacial score (nSPS) is 26.2. The second-order valence-electron chi connectivity index (χ2n) is 6.47. The van der Waals surface area contributed by atoms with Crippen molar-refractivity contribution in [1.82, 2.24) is 5.32 Å². The van der Waals surface area contributed by atoms with Crippen LogP contribution in [-0.4, -0.2) is 25.4 Å². The van der Waals surface area contributed by atoms with Gasteiger partial charge in [0.2, 0.25) is 0 Å². The predicted molar refractivity (Wildman–Crippen MR) is 84.9 cm³/mol. The van der Waals surface area contributed by atoms with Gasteiger partial charge in [-0.2, -0.15) is 0 Å². The van der Waals surface area contributed by atoms with E-state index in [-0.39, 0.29) is 11.6 Å².